The second kappa shape index (κ2) is 7.76. The van der Waals surface area contributed by atoms with Gasteiger partial charge in [0.05, 0.1) is 10.6 Å². The average Bonchev–Trinajstić information content (AvgIpc) is 2.63. The molecule has 32 heavy (non-hydrogen) atoms. The molecule has 0 saturated carbocycles. The van der Waals surface area contributed by atoms with Crippen molar-refractivity contribution in [3.05, 3.63) is 42.5 Å². The molecule has 3 rings (SSSR count). The Balaban J connectivity index is 2.39. The van der Waals surface area contributed by atoms with E-state index in [1.165, 1.54) is 18.2 Å². The summed E-state index contributed by atoms with van der Waals surface area (Å²) in [6.07, 6.45) is 0. The molecule has 0 aliphatic heterocycles. The van der Waals surface area contributed by atoms with Crippen LogP contribution in [0.15, 0.2) is 67.4 Å². The highest BCUT2D eigenvalue weighted by Gasteiger charge is 2.24. The Morgan fingerprint density at radius 1 is 0.656 bits per heavy atom. The summed E-state index contributed by atoms with van der Waals surface area (Å²) in [7, 11) is -15.0. The molecule has 7 N–H and O–H groups in total. The molecule has 0 radical (unpaired) electrons. The highest BCUT2D eigenvalue weighted by Crippen LogP contribution is 2.36. The van der Waals surface area contributed by atoms with Crippen molar-refractivity contribution in [1.29, 1.82) is 0 Å². The monoisotopic (exact) mass is 502 g/mol. The second-order valence-corrected chi connectivity index (χ2v) is 10.6. The fraction of sp³-hybridized carbons (Fsp3) is 0. The smallest absolute Gasteiger partial charge is 0.296 e. The van der Waals surface area contributed by atoms with Gasteiger partial charge in [-0.05, 0) is 47.9 Å². The Morgan fingerprint density at radius 3 is 1.78 bits per heavy atom. The van der Waals surface area contributed by atoms with Gasteiger partial charge in [-0.15, -0.1) is 10.2 Å². The molecule has 0 fully saturated rings. The second-order valence-electron chi connectivity index (χ2n) is 6.41. The minimum absolute atomic E-state index is 0.0670. The lowest BCUT2D eigenvalue weighted by molar-refractivity contribution is 0.480. The number of benzene rings is 3. The van der Waals surface area contributed by atoms with E-state index in [1.807, 2.05) is 0 Å². The summed E-state index contributed by atoms with van der Waals surface area (Å²) in [5.41, 5.74) is 11.2. The molecule has 0 saturated heterocycles. The third-order valence-corrected chi connectivity index (χ3v) is 6.75. The van der Waals surface area contributed by atoms with Crippen LogP contribution < -0.4 is 11.5 Å². The molecule has 0 unspecified atom stereocenters. The molecular formula is C16H14N4O9S3. The molecule has 0 bridgehead atoms. The van der Waals surface area contributed by atoms with Crippen molar-refractivity contribution in [2.24, 2.45) is 10.2 Å². The first-order valence-electron chi connectivity index (χ1n) is 8.18. The van der Waals surface area contributed by atoms with E-state index in [9.17, 15) is 38.9 Å². The lowest BCUT2D eigenvalue weighted by Gasteiger charge is -2.10. The highest BCUT2D eigenvalue weighted by molar-refractivity contribution is 7.87. The Morgan fingerprint density at radius 2 is 1.25 bits per heavy atom. The predicted molar refractivity (Wildman–Crippen MR) is 113 cm³/mol. The van der Waals surface area contributed by atoms with E-state index in [0.29, 0.717) is 17.8 Å². The lowest BCUT2D eigenvalue weighted by atomic mass is 10.1. The summed E-state index contributed by atoms with van der Waals surface area (Å²) in [4.78, 5) is -2.77. The summed E-state index contributed by atoms with van der Waals surface area (Å²) in [6, 6.07) is 6.91. The standard InChI is InChI=1S/C16H14N4O9S3/c17-9-1-2-13(12(18)5-9)19-20-14-7-11-8(4-16(14)32(27,28)29)3-10(30(21,22)23)6-15(11)31(24,25)26/h1-7H,17-18H2,(H,21,22,23)(H,24,25,26)(H,27,28,29). The topological polar surface area (TPSA) is 240 Å². The van der Waals surface area contributed by atoms with Crippen molar-refractivity contribution in [1.82, 2.24) is 0 Å². The van der Waals surface area contributed by atoms with E-state index in [2.05, 4.69) is 10.2 Å². The molecule has 0 amide bonds. The summed E-state index contributed by atoms with van der Waals surface area (Å²) in [5, 5.41) is 6.73. The quantitative estimate of drug-likeness (QED) is 0.192. The zero-order valence-corrected chi connectivity index (χ0v) is 18.1. The number of anilines is 2. The van der Waals surface area contributed by atoms with Gasteiger partial charge in [0.1, 0.15) is 21.2 Å². The first-order valence-corrected chi connectivity index (χ1v) is 12.5. The molecule has 0 aromatic heterocycles. The summed E-state index contributed by atoms with van der Waals surface area (Å²) >= 11 is 0. The van der Waals surface area contributed by atoms with Gasteiger partial charge in [-0.1, -0.05) is 0 Å². The van der Waals surface area contributed by atoms with Crippen LogP contribution in [-0.4, -0.2) is 38.9 Å². The van der Waals surface area contributed by atoms with E-state index >= 15 is 0 Å². The molecule has 16 heteroatoms. The van der Waals surface area contributed by atoms with Gasteiger partial charge < -0.3 is 11.5 Å². The molecule has 3 aromatic carbocycles. The zero-order chi connectivity index (χ0) is 24.1. The average molecular weight is 503 g/mol. The summed E-state index contributed by atoms with van der Waals surface area (Å²) < 4.78 is 98.6. The van der Waals surface area contributed by atoms with Crippen molar-refractivity contribution in [3.63, 3.8) is 0 Å². The minimum Gasteiger partial charge on any atom is -0.399 e. The summed E-state index contributed by atoms with van der Waals surface area (Å²) in [6.45, 7) is 0. The van der Waals surface area contributed by atoms with Gasteiger partial charge in [0.2, 0.25) is 0 Å². The van der Waals surface area contributed by atoms with Crippen LogP contribution in [0.25, 0.3) is 10.8 Å². The number of rotatable bonds is 5. The number of hydrogen-bond donors (Lipinski definition) is 5. The third-order valence-electron chi connectivity index (χ3n) is 4.14. The molecule has 13 nitrogen and oxygen atoms in total. The number of nitrogens with two attached hydrogens (primary N) is 2. The van der Waals surface area contributed by atoms with Crippen LogP contribution in [0.5, 0.6) is 0 Å². The first-order chi connectivity index (χ1) is 14.6. The van der Waals surface area contributed by atoms with E-state index in [4.69, 9.17) is 11.5 Å². The Bertz CT molecular complexity index is 1610. The first kappa shape index (κ1) is 23.5. The van der Waals surface area contributed by atoms with Crippen molar-refractivity contribution < 1.29 is 38.9 Å². The van der Waals surface area contributed by atoms with Gasteiger partial charge in [-0.25, -0.2) is 0 Å². The maximum atomic E-state index is 11.9. The van der Waals surface area contributed by atoms with Gasteiger partial charge in [0, 0.05) is 11.1 Å². The third kappa shape index (κ3) is 4.85. The highest BCUT2D eigenvalue weighted by atomic mass is 32.2. The van der Waals surface area contributed by atoms with Crippen LogP contribution >= 0.6 is 0 Å². The van der Waals surface area contributed by atoms with E-state index in [1.54, 1.807) is 0 Å². The van der Waals surface area contributed by atoms with Gasteiger partial charge in [-0.2, -0.15) is 25.3 Å². The number of fused-ring (bicyclic) bond motifs is 1. The van der Waals surface area contributed by atoms with Crippen LogP contribution in [0.1, 0.15) is 0 Å². The molecule has 0 atom stereocenters. The molecule has 0 heterocycles. The molecule has 0 spiro atoms. The Kier molecular flexibility index (Phi) is 5.71. The fourth-order valence-corrected chi connectivity index (χ4v) is 4.73. The zero-order valence-electron chi connectivity index (χ0n) is 15.6. The number of nitrogens with zero attached hydrogens (tertiary/aromatic N) is 2. The van der Waals surface area contributed by atoms with Crippen molar-refractivity contribution >= 4 is 63.9 Å². The number of nitrogen functional groups attached to an aromatic ring is 2. The van der Waals surface area contributed by atoms with Crippen molar-refractivity contribution in [3.8, 4) is 0 Å². The van der Waals surface area contributed by atoms with Crippen molar-refractivity contribution in [2.45, 2.75) is 14.7 Å². The Labute approximate surface area is 181 Å². The van der Waals surface area contributed by atoms with Crippen LogP contribution in [0.2, 0.25) is 0 Å². The number of hydrogen-bond acceptors (Lipinski definition) is 10. The van der Waals surface area contributed by atoms with Crippen LogP contribution in [0, 0.1) is 0 Å². The molecule has 0 aliphatic rings. The summed E-state index contributed by atoms with van der Waals surface area (Å²) in [5.74, 6) is 0. The maximum Gasteiger partial charge on any atom is 0.296 e. The van der Waals surface area contributed by atoms with E-state index < -0.39 is 50.7 Å². The molecule has 170 valence electrons. The van der Waals surface area contributed by atoms with Crippen LogP contribution in [-0.2, 0) is 30.4 Å². The van der Waals surface area contributed by atoms with Gasteiger partial charge in [0.15, 0.2) is 0 Å². The normalized spacial score (nSPS) is 13.1. The van der Waals surface area contributed by atoms with Crippen LogP contribution in [0.4, 0.5) is 22.7 Å². The van der Waals surface area contributed by atoms with Crippen molar-refractivity contribution in [2.75, 3.05) is 11.5 Å². The number of azo groups is 1. The van der Waals surface area contributed by atoms with Gasteiger partial charge in [0.25, 0.3) is 30.4 Å². The Hall–Kier alpha value is -3.15. The predicted octanol–water partition coefficient (Wildman–Crippen LogP) is 2.16. The lowest BCUT2D eigenvalue weighted by Crippen LogP contribution is -2.05. The fourth-order valence-electron chi connectivity index (χ4n) is 2.74. The largest absolute Gasteiger partial charge is 0.399 e. The molecule has 0 aliphatic carbocycles. The van der Waals surface area contributed by atoms with Gasteiger partial charge >= 0.3 is 0 Å². The maximum absolute atomic E-state index is 11.9. The van der Waals surface area contributed by atoms with Crippen LogP contribution in [0.3, 0.4) is 0 Å². The molecular weight excluding hydrogens is 488 g/mol. The minimum atomic E-state index is -5.05. The SMILES string of the molecule is Nc1ccc(N=Nc2cc3c(S(=O)(=O)O)cc(S(=O)(=O)O)cc3cc2S(=O)(=O)O)c(N)c1. The van der Waals surface area contributed by atoms with E-state index in [0.717, 1.165) is 12.1 Å². The van der Waals surface area contributed by atoms with Gasteiger partial charge in [-0.3, -0.25) is 13.7 Å². The van der Waals surface area contributed by atoms with E-state index in [-0.39, 0.29) is 22.1 Å². The molecule has 3 aromatic rings.